The van der Waals surface area contributed by atoms with E-state index in [1.165, 1.54) is 5.56 Å². The molecular weight excluding hydrogens is 294 g/mol. The number of benzene rings is 1. The van der Waals surface area contributed by atoms with Gasteiger partial charge in [0.05, 0.1) is 5.92 Å². The Morgan fingerprint density at radius 1 is 1.35 bits per heavy atom. The van der Waals surface area contributed by atoms with Crippen LogP contribution in [-0.2, 0) is 16.1 Å². The van der Waals surface area contributed by atoms with Gasteiger partial charge in [0.2, 0.25) is 11.8 Å². The van der Waals surface area contributed by atoms with E-state index in [0.717, 1.165) is 5.56 Å². The highest BCUT2D eigenvalue weighted by Crippen LogP contribution is 2.22. The summed E-state index contributed by atoms with van der Waals surface area (Å²) in [5.41, 5.74) is 2.25. The Balaban J connectivity index is 1.60. The van der Waals surface area contributed by atoms with E-state index in [-0.39, 0.29) is 24.2 Å². The van der Waals surface area contributed by atoms with Gasteiger partial charge in [-0.15, -0.1) is 0 Å². The number of aromatic nitrogens is 1. The summed E-state index contributed by atoms with van der Waals surface area (Å²) in [4.78, 5) is 26.1. The molecule has 1 saturated heterocycles. The molecule has 1 fully saturated rings. The first kappa shape index (κ1) is 15.3. The molecule has 1 aromatic carbocycles. The molecule has 2 amide bonds. The first-order valence-electron chi connectivity index (χ1n) is 7.59. The van der Waals surface area contributed by atoms with Crippen LogP contribution in [0.25, 0.3) is 0 Å². The van der Waals surface area contributed by atoms with Gasteiger partial charge in [-0.3, -0.25) is 9.59 Å². The normalized spacial score (nSPS) is 17.6. The zero-order valence-electron chi connectivity index (χ0n) is 13.2. The minimum atomic E-state index is -0.357. The van der Waals surface area contributed by atoms with E-state index in [2.05, 4.69) is 10.5 Å². The van der Waals surface area contributed by atoms with Gasteiger partial charge in [-0.25, -0.2) is 0 Å². The molecule has 0 saturated carbocycles. The van der Waals surface area contributed by atoms with Gasteiger partial charge < -0.3 is 14.7 Å². The lowest BCUT2D eigenvalue weighted by atomic mass is 10.1. The number of rotatable bonds is 4. The molecule has 120 valence electrons. The molecule has 1 atom stereocenters. The third kappa shape index (κ3) is 3.59. The Bertz CT molecular complexity index is 721. The topological polar surface area (TPSA) is 75.4 Å². The smallest absolute Gasteiger partial charge is 0.231 e. The number of anilines is 1. The number of likely N-dealkylation sites (tertiary alicyclic amines) is 1. The van der Waals surface area contributed by atoms with Gasteiger partial charge in [0, 0.05) is 25.6 Å². The van der Waals surface area contributed by atoms with Crippen LogP contribution in [0.15, 0.2) is 34.9 Å². The van der Waals surface area contributed by atoms with Crippen molar-refractivity contribution in [1.82, 2.24) is 10.1 Å². The fourth-order valence-corrected chi connectivity index (χ4v) is 2.67. The molecule has 1 aliphatic rings. The maximum atomic E-state index is 12.2. The van der Waals surface area contributed by atoms with E-state index in [1.54, 1.807) is 17.9 Å². The van der Waals surface area contributed by atoms with Crippen molar-refractivity contribution in [2.75, 3.05) is 11.9 Å². The molecule has 0 unspecified atom stereocenters. The molecule has 0 aliphatic carbocycles. The summed E-state index contributed by atoms with van der Waals surface area (Å²) in [7, 11) is 0. The van der Waals surface area contributed by atoms with Crippen molar-refractivity contribution in [3.8, 4) is 0 Å². The second kappa shape index (κ2) is 6.24. The van der Waals surface area contributed by atoms with Crippen LogP contribution in [-0.4, -0.2) is 28.4 Å². The van der Waals surface area contributed by atoms with Crippen LogP contribution in [0.3, 0.4) is 0 Å². The molecule has 1 aromatic heterocycles. The highest BCUT2D eigenvalue weighted by Gasteiger charge is 2.34. The first-order valence-corrected chi connectivity index (χ1v) is 7.59. The summed E-state index contributed by atoms with van der Waals surface area (Å²) < 4.78 is 4.92. The first-order chi connectivity index (χ1) is 11.0. The van der Waals surface area contributed by atoms with Crippen molar-refractivity contribution >= 4 is 17.6 Å². The number of nitrogens with one attached hydrogen (secondary N) is 1. The maximum absolute atomic E-state index is 12.2. The highest BCUT2D eigenvalue weighted by molar-refractivity contribution is 5.96. The van der Waals surface area contributed by atoms with E-state index >= 15 is 0 Å². The summed E-state index contributed by atoms with van der Waals surface area (Å²) in [5, 5.41) is 6.43. The molecule has 0 radical (unpaired) electrons. The molecule has 2 aromatic rings. The Morgan fingerprint density at radius 3 is 2.74 bits per heavy atom. The summed E-state index contributed by atoms with van der Waals surface area (Å²) >= 11 is 0. The average molecular weight is 313 g/mol. The fraction of sp³-hybridized carbons (Fsp3) is 0.353. The van der Waals surface area contributed by atoms with Crippen LogP contribution in [0, 0.1) is 19.8 Å². The van der Waals surface area contributed by atoms with Crippen LogP contribution in [0.4, 0.5) is 5.82 Å². The summed E-state index contributed by atoms with van der Waals surface area (Å²) in [6.45, 7) is 4.74. The molecule has 1 N–H and O–H groups in total. The number of amides is 2. The van der Waals surface area contributed by atoms with E-state index in [9.17, 15) is 9.59 Å². The summed E-state index contributed by atoms with van der Waals surface area (Å²) in [5.74, 6) is 0.464. The van der Waals surface area contributed by atoms with Crippen molar-refractivity contribution in [3.05, 3.63) is 47.2 Å². The quantitative estimate of drug-likeness (QED) is 0.939. The molecule has 1 aliphatic heterocycles. The minimum absolute atomic E-state index is 0.00191. The van der Waals surface area contributed by atoms with Crippen molar-refractivity contribution < 1.29 is 14.1 Å². The van der Waals surface area contributed by atoms with Crippen molar-refractivity contribution in [3.63, 3.8) is 0 Å². The second-order valence-corrected chi connectivity index (χ2v) is 5.97. The lowest BCUT2D eigenvalue weighted by molar-refractivity contribution is -0.128. The molecule has 6 nitrogen and oxygen atoms in total. The number of nitrogens with zero attached hydrogens (tertiary/aromatic N) is 2. The number of hydrogen-bond acceptors (Lipinski definition) is 4. The second-order valence-electron chi connectivity index (χ2n) is 5.97. The van der Waals surface area contributed by atoms with Crippen molar-refractivity contribution in [1.29, 1.82) is 0 Å². The predicted octanol–water partition coefficient (Wildman–Crippen LogP) is 2.28. The SMILES string of the molecule is Cc1ccc(CN2C[C@@H](C(=O)Nc3cc(C)on3)CC2=O)cc1. The van der Waals surface area contributed by atoms with Crippen molar-refractivity contribution in [2.24, 2.45) is 5.92 Å². The Labute approximate surface area is 134 Å². The van der Waals surface area contributed by atoms with Crippen LogP contribution < -0.4 is 5.32 Å². The maximum Gasteiger partial charge on any atom is 0.231 e. The molecule has 23 heavy (non-hydrogen) atoms. The van der Waals surface area contributed by atoms with E-state index in [1.807, 2.05) is 31.2 Å². The van der Waals surface area contributed by atoms with Crippen LogP contribution in [0.5, 0.6) is 0 Å². The van der Waals surface area contributed by atoms with Crippen LogP contribution >= 0.6 is 0 Å². The molecule has 3 rings (SSSR count). The molecule has 0 spiro atoms. The van der Waals surface area contributed by atoms with Gasteiger partial charge in [0.15, 0.2) is 5.82 Å². The summed E-state index contributed by atoms with van der Waals surface area (Å²) in [6.07, 6.45) is 0.231. The van der Waals surface area contributed by atoms with E-state index in [4.69, 9.17) is 4.52 Å². The Morgan fingerprint density at radius 2 is 2.09 bits per heavy atom. The Hall–Kier alpha value is -2.63. The molecule has 6 heteroatoms. The third-order valence-corrected chi connectivity index (χ3v) is 3.96. The largest absolute Gasteiger partial charge is 0.360 e. The lowest BCUT2D eigenvalue weighted by Gasteiger charge is -2.16. The lowest BCUT2D eigenvalue weighted by Crippen LogP contribution is -2.28. The zero-order chi connectivity index (χ0) is 16.4. The van der Waals surface area contributed by atoms with E-state index in [0.29, 0.717) is 24.7 Å². The average Bonchev–Trinajstić information content (AvgIpc) is 3.08. The van der Waals surface area contributed by atoms with Gasteiger partial charge in [-0.05, 0) is 19.4 Å². The minimum Gasteiger partial charge on any atom is -0.360 e. The van der Waals surface area contributed by atoms with Gasteiger partial charge in [0.25, 0.3) is 0 Å². The van der Waals surface area contributed by atoms with Crippen LogP contribution in [0.1, 0.15) is 23.3 Å². The van der Waals surface area contributed by atoms with Gasteiger partial charge in [-0.1, -0.05) is 35.0 Å². The van der Waals surface area contributed by atoms with Gasteiger partial charge in [0.1, 0.15) is 5.76 Å². The number of carbonyl (C=O) groups excluding carboxylic acids is 2. The van der Waals surface area contributed by atoms with Gasteiger partial charge >= 0.3 is 0 Å². The third-order valence-electron chi connectivity index (χ3n) is 3.96. The highest BCUT2D eigenvalue weighted by atomic mass is 16.5. The molecular formula is C17H19N3O3. The van der Waals surface area contributed by atoms with E-state index < -0.39 is 0 Å². The molecule has 0 bridgehead atoms. The standard InChI is InChI=1S/C17H19N3O3/c1-11-3-5-13(6-4-11)9-20-10-14(8-16(20)21)17(22)18-15-7-12(2)23-19-15/h3-7,14H,8-10H2,1-2H3,(H,18,19,22)/t14-/m0/s1. The number of aryl methyl sites for hydroxylation is 2. The fourth-order valence-electron chi connectivity index (χ4n) is 2.67. The Kier molecular flexibility index (Phi) is 4.14. The van der Waals surface area contributed by atoms with Crippen LogP contribution in [0.2, 0.25) is 0 Å². The predicted molar refractivity (Wildman–Crippen MR) is 84.6 cm³/mol. The molecule has 2 heterocycles. The zero-order valence-corrected chi connectivity index (χ0v) is 13.2. The van der Waals surface area contributed by atoms with Crippen molar-refractivity contribution in [2.45, 2.75) is 26.8 Å². The number of hydrogen-bond donors (Lipinski definition) is 1. The summed E-state index contributed by atoms with van der Waals surface area (Å²) in [6, 6.07) is 9.71. The van der Waals surface area contributed by atoms with Gasteiger partial charge in [-0.2, -0.15) is 0 Å². The number of carbonyl (C=O) groups is 2. The monoisotopic (exact) mass is 313 g/mol.